The highest BCUT2D eigenvalue weighted by Gasteiger charge is 2.18. The van der Waals surface area contributed by atoms with Crippen molar-refractivity contribution in [2.24, 2.45) is 5.73 Å². The van der Waals surface area contributed by atoms with Crippen molar-refractivity contribution >= 4 is 5.91 Å². The second-order valence-electron chi connectivity index (χ2n) is 4.09. The van der Waals surface area contributed by atoms with Crippen molar-refractivity contribution in [3.8, 4) is 0 Å². The number of pyridine rings is 1. The first kappa shape index (κ1) is 13.6. The molecule has 17 heavy (non-hydrogen) atoms. The van der Waals surface area contributed by atoms with E-state index in [1.54, 1.807) is 18.3 Å². The summed E-state index contributed by atoms with van der Waals surface area (Å²) < 4.78 is 0. The van der Waals surface area contributed by atoms with Crippen LogP contribution in [0.4, 0.5) is 0 Å². The Kier molecular flexibility index (Phi) is 5.10. The summed E-state index contributed by atoms with van der Waals surface area (Å²) in [6.07, 6.45) is 2.59. The van der Waals surface area contributed by atoms with E-state index in [0.29, 0.717) is 18.7 Å². The van der Waals surface area contributed by atoms with Gasteiger partial charge in [-0.2, -0.15) is 0 Å². The Hall–Kier alpha value is -1.42. The van der Waals surface area contributed by atoms with Crippen molar-refractivity contribution in [2.75, 3.05) is 6.54 Å². The molecular weight excluding hydrogens is 214 g/mol. The second kappa shape index (κ2) is 6.35. The van der Waals surface area contributed by atoms with Crippen molar-refractivity contribution in [2.45, 2.75) is 39.8 Å². The van der Waals surface area contributed by atoms with Gasteiger partial charge in [-0.05, 0) is 32.4 Å². The Morgan fingerprint density at radius 3 is 2.76 bits per heavy atom. The summed E-state index contributed by atoms with van der Waals surface area (Å²) in [5.41, 5.74) is 6.94. The van der Waals surface area contributed by atoms with E-state index in [9.17, 15) is 4.79 Å². The van der Waals surface area contributed by atoms with Gasteiger partial charge in [-0.3, -0.25) is 9.78 Å². The molecule has 1 amide bonds. The Morgan fingerprint density at radius 1 is 1.53 bits per heavy atom. The molecule has 2 N–H and O–H groups in total. The van der Waals surface area contributed by atoms with Crippen LogP contribution in [-0.4, -0.2) is 28.4 Å². The molecule has 0 aliphatic heterocycles. The van der Waals surface area contributed by atoms with Crippen LogP contribution >= 0.6 is 0 Å². The molecule has 0 bridgehead atoms. The maximum Gasteiger partial charge on any atom is 0.254 e. The fourth-order valence-corrected chi connectivity index (χ4v) is 1.76. The molecule has 94 valence electrons. The molecule has 1 atom stereocenters. The van der Waals surface area contributed by atoms with Crippen LogP contribution < -0.4 is 5.73 Å². The molecular formula is C13H21N3O. The highest BCUT2D eigenvalue weighted by atomic mass is 16.2. The van der Waals surface area contributed by atoms with Gasteiger partial charge < -0.3 is 10.6 Å². The number of carbonyl (C=O) groups is 1. The fraction of sp³-hybridized carbons (Fsp3) is 0.538. The average molecular weight is 235 g/mol. The Morgan fingerprint density at radius 2 is 2.24 bits per heavy atom. The van der Waals surface area contributed by atoms with E-state index in [1.807, 2.05) is 11.8 Å². The predicted octanol–water partition coefficient (Wildman–Crippen LogP) is 1.80. The van der Waals surface area contributed by atoms with Crippen LogP contribution in [0.15, 0.2) is 18.3 Å². The molecule has 0 aliphatic carbocycles. The van der Waals surface area contributed by atoms with Gasteiger partial charge in [0.2, 0.25) is 0 Å². The molecule has 4 heteroatoms. The molecule has 4 nitrogen and oxygen atoms in total. The molecule has 1 aromatic rings. The molecule has 1 rings (SSSR count). The first-order valence-corrected chi connectivity index (χ1v) is 6.09. The largest absolute Gasteiger partial charge is 0.336 e. The van der Waals surface area contributed by atoms with Crippen LogP contribution in [0.1, 0.15) is 43.2 Å². The van der Waals surface area contributed by atoms with Crippen LogP contribution in [0.5, 0.6) is 0 Å². The number of nitrogens with two attached hydrogens (primary N) is 1. The van der Waals surface area contributed by atoms with Gasteiger partial charge in [0.1, 0.15) is 0 Å². The zero-order valence-electron chi connectivity index (χ0n) is 10.8. The molecule has 0 aliphatic rings. The maximum atomic E-state index is 12.3. The summed E-state index contributed by atoms with van der Waals surface area (Å²) in [5.74, 6) is 0.0546. The number of amides is 1. The highest BCUT2D eigenvalue weighted by molar-refractivity contribution is 5.94. The highest BCUT2D eigenvalue weighted by Crippen LogP contribution is 2.11. The lowest BCUT2D eigenvalue weighted by Gasteiger charge is -2.27. The standard InChI is InChI=1S/C13H21N3O/c1-4-10(3)16(5-2)13(17)11-6-7-15-12(8-11)9-14/h6-8,10H,4-5,9,14H2,1-3H3. The van der Waals surface area contributed by atoms with Crippen molar-refractivity contribution in [1.82, 2.24) is 9.88 Å². The van der Waals surface area contributed by atoms with Crippen LogP contribution in [0.3, 0.4) is 0 Å². The minimum atomic E-state index is 0.0546. The van der Waals surface area contributed by atoms with E-state index in [1.165, 1.54) is 0 Å². The minimum absolute atomic E-state index is 0.0546. The summed E-state index contributed by atoms with van der Waals surface area (Å²) in [7, 11) is 0. The molecule has 1 aromatic heterocycles. The number of hydrogen-bond donors (Lipinski definition) is 1. The third kappa shape index (κ3) is 3.27. The van der Waals surface area contributed by atoms with Crippen LogP contribution in [0.25, 0.3) is 0 Å². The summed E-state index contributed by atoms with van der Waals surface area (Å²) >= 11 is 0. The monoisotopic (exact) mass is 235 g/mol. The molecule has 0 spiro atoms. The fourth-order valence-electron chi connectivity index (χ4n) is 1.76. The first-order chi connectivity index (χ1) is 8.13. The molecule has 0 radical (unpaired) electrons. The Balaban J connectivity index is 2.93. The molecule has 0 aromatic carbocycles. The van der Waals surface area contributed by atoms with E-state index in [0.717, 1.165) is 12.1 Å². The van der Waals surface area contributed by atoms with Crippen LogP contribution in [0, 0.1) is 0 Å². The van der Waals surface area contributed by atoms with E-state index in [4.69, 9.17) is 5.73 Å². The number of aromatic nitrogens is 1. The zero-order chi connectivity index (χ0) is 12.8. The average Bonchev–Trinajstić information content (AvgIpc) is 2.39. The zero-order valence-corrected chi connectivity index (χ0v) is 10.8. The predicted molar refractivity (Wildman–Crippen MR) is 68.6 cm³/mol. The summed E-state index contributed by atoms with van der Waals surface area (Å²) in [5, 5.41) is 0. The lowest BCUT2D eigenvalue weighted by atomic mass is 10.1. The third-order valence-electron chi connectivity index (χ3n) is 3.00. The van der Waals surface area contributed by atoms with E-state index >= 15 is 0 Å². The summed E-state index contributed by atoms with van der Waals surface area (Å²) in [4.78, 5) is 18.3. The van der Waals surface area contributed by atoms with Gasteiger partial charge in [-0.1, -0.05) is 6.92 Å². The van der Waals surface area contributed by atoms with Gasteiger partial charge in [-0.15, -0.1) is 0 Å². The lowest BCUT2D eigenvalue weighted by Crippen LogP contribution is -2.38. The van der Waals surface area contributed by atoms with Crippen LogP contribution in [0.2, 0.25) is 0 Å². The minimum Gasteiger partial charge on any atom is -0.336 e. The topological polar surface area (TPSA) is 59.2 Å². The van der Waals surface area contributed by atoms with Gasteiger partial charge in [0.25, 0.3) is 5.91 Å². The SMILES string of the molecule is CCC(C)N(CC)C(=O)c1ccnc(CN)c1. The smallest absolute Gasteiger partial charge is 0.254 e. The summed E-state index contributed by atoms with van der Waals surface area (Å²) in [6, 6.07) is 3.77. The van der Waals surface area contributed by atoms with Gasteiger partial charge in [0.15, 0.2) is 0 Å². The van der Waals surface area contributed by atoms with Gasteiger partial charge in [0.05, 0.1) is 5.69 Å². The number of rotatable bonds is 5. The number of carbonyl (C=O) groups excluding carboxylic acids is 1. The third-order valence-corrected chi connectivity index (χ3v) is 3.00. The van der Waals surface area contributed by atoms with Gasteiger partial charge in [0, 0.05) is 30.9 Å². The Bertz CT molecular complexity index is 379. The molecule has 0 saturated carbocycles. The lowest BCUT2D eigenvalue weighted by molar-refractivity contribution is 0.0699. The van der Waals surface area contributed by atoms with Crippen molar-refractivity contribution in [3.63, 3.8) is 0 Å². The number of hydrogen-bond acceptors (Lipinski definition) is 3. The van der Waals surface area contributed by atoms with Crippen molar-refractivity contribution in [3.05, 3.63) is 29.6 Å². The summed E-state index contributed by atoms with van der Waals surface area (Å²) in [6.45, 7) is 7.21. The molecule has 0 fully saturated rings. The van der Waals surface area contributed by atoms with E-state index < -0.39 is 0 Å². The first-order valence-electron chi connectivity index (χ1n) is 6.09. The quantitative estimate of drug-likeness (QED) is 0.846. The van der Waals surface area contributed by atoms with Crippen molar-refractivity contribution < 1.29 is 4.79 Å². The second-order valence-corrected chi connectivity index (χ2v) is 4.09. The maximum absolute atomic E-state index is 12.3. The van der Waals surface area contributed by atoms with E-state index in [2.05, 4.69) is 18.8 Å². The molecule has 0 saturated heterocycles. The van der Waals surface area contributed by atoms with Gasteiger partial charge >= 0.3 is 0 Å². The molecule has 1 unspecified atom stereocenters. The Labute approximate surface area is 103 Å². The molecule has 1 heterocycles. The number of nitrogens with zero attached hydrogens (tertiary/aromatic N) is 2. The van der Waals surface area contributed by atoms with Crippen LogP contribution in [-0.2, 0) is 6.54 Å². The van der Waals surface area contributed by atoms with Crippen molar-refractivity contribution in [1.29, 1.82) is 0 Å². The van der Waals surface area contributed by atoms with Gasteiger partial charge in [-0.25, -0.2) is 0 Å². The normalized spacial score (nSPS) is 12.2. The van der Waals surface area contributed by atoms with E-state index in [-0.39, 0.29) is 11.9 Å².